The van der Waals surface area contributed by atoms with E-state index < -0.39 is 0 Å². The van der Waals surface area contributed by atoms with Crippen molar-refractivity contribution in [1.82, 2.24) is 4.90 Å². The summed E-state index contributed by atoms with van der Waals surface area (Å²) in [5.41, 5.74) is 2.32. The van der Waals surface area contributed by atoms with Gasteiger partial charge in [-0.3, -0.25) is 4.90 Å². The summed E-state index contributed by atoms with van der Waals surface area (Å²) >= 11 is 0. The zero-order valence-corrected chi connectivity index (χ0v) is 13.0. The molecule has 0 aromatic heterocycles. The van der Waals surface area contributed by atoms with Crippen LogP contribution in [0.1, 0.15) is 30.9 Å². The molecule has 1 aliphatic rings. The Kier molecular flexibility index (Phi) is 6.25. The van der Waals surface area contributed by atoms with Crippen molar-refractivity contribution < 1.29 is 9.84 Å². The van der Waals surface area contributed by atoms with Crippen LogP contribution >= 0.6 is 0 Å². The van der Waals surface area contributed by atoms with Crippen LogP contribution in [0, 0.1) is 17.8 Å². The molecule has 2 atom stereocenters. The number of nitrogens with zero attached hydrogens (tertiary/aromatic N) is 1. The second-order valence-corrected chi connectivity index (χ2v) is 5.71. The first kappa shape index (κ1) is 16.0. The molecular weight excluding hydrogens is 262 g/mol. The fourth-order valence-corrected chi connectivity index (χ4v) is 2.78. The lowest BCUT2D eigenvalue weighted by Crippen LogP contribution is -2.43. The van der Waals surface area contributed by atoms with Crippen molar-refractivity contribution in [2.45, 2.75) is 32.4 Å². The van der Waals surface area contributed by atoms with Gasteiger partial charge in [-0.15, -0.1) is 0 Å². The van der Waals surface area contributed by atoms with Gasteiger partial charge in [-0.05, 0) is 30.5 Å². The summed E-state index contributed by atoms with van der Waals surface area (Å²) < 4.78 is 5.58. The lowest BCUT2D eigenvalue weighted by Gasteiger charge is -2.36. The molecule has 0 aliphatic carbocycles. The second-order valence-electron chi connectivity index (χ2n) is 5.71. The van der Waals surface area contributed by atoms with E-state index in [1.165, 1.54) is 12.0 Å². The molecule has 1 aromatic carbocycles. The molecule has 0 spiro atoms. The van der Waals surface area contributed by atoms with Crippen molar-refractivity contribution in [2.75, 3.05) is 26.8 Å². The highest BCUT2D eigenvalue weighted by atomic mass is 16.5. The summed E-state index contributed by atoms with van der Waals surface area (Å²) in [4.78, 5) is 2.45. The van der Waals surface area contributed by atoms with E-state index >= 15 is 0 Å². The molecule has 0 amide bonds. The number of ether oxygens (including phenoxy) is 1. The normalized spacial score (nSPS) is 22.6. The maximum absolute atomic E-state index is 8.83. The Morgan fingerprint density at radius 2 is 2.19 bits per heavy atom. The van der Waals surface area contributed by atoms with Gasteiger partial charge in [-0.2, -0.15) is 0 Å². The minimum atomic E-state index is 0.120. The number of rotatable bonds is 4. The number of hydrogen-bond acceptors (Lipinski definition) is 3. The summed E-state index contributed by atoms with van der Waals surface area (Å²) in [6.07, 6.45) is 2.03. The smallest absolute Gasteiger partial charge is 0.0724 e. The van der Waals surface area contributed by atoms with Crippen molar-refractivity contribution in [3.05, 3.63) is 35.4 Å². The maximum Gasteiger partial charge on any atom is 0.0724 e. The van der Waals surface area contributed by atoms with Gasteiger partial charge >= 0.3 is 0 Å². The topological polar surface area (TPSA) is 32.7 Å². The van der Waals surface area contributed by atoms with Crippen LogP contribution in [-0.4, -0.2) is 42.9 Å². The highest BCUT2D eigenvalue weighted by Gasteiger charge is 2.26. The van der Waals surface area contributed by atoms with E-state index in [9.17, 15) is 0 Å². The van der Waals surface area contributed by atoms with Gasteiger partial charge in [-0.1, -0.05) is 37.0 Å². The van der Waals surface area contributed by atoms with Crippen LogP contribution in [0.15, 0.2) is 24.3 Å². The van der Waals surface area contributed by atoms with E-state index in [2.05, 4.69) is 41.9 Å². The minimum absolute atomic E-state index is 0.120. The van der Waals surface area contributed by atoms with E-state index in [0.29, 0.717) is 18.4 Å². The van der Waals surface area contributed by atoms with E-state index in [0.717, 1.165) is 25.2 Å². The molecular formula is C18H25NO2. The minimum Gasteiger partial charge on any atom is -0.395 e. The first-order valence-electron chi connectivity index (χ1n) is 7.67. The number of hydrogen-bond donors (Lipinski definition) is 1. The van der Waals surface area contributed by atoms with Crippen LogP contribution in [0.3, 0.4) is 0 Å². The number of likely N-dealkylation sites (tertiary alicyclic amines) is 1. The summed E-state index contributed by atoms with van der Waals surface area (Å²) in [5.74, 6) is 6.81. The molecule has 0 radical (unpaired) electrons. The maximum atomic E-state index is 8.83. The van der Waals surface area contributed by atoms with Crippen molar-refractivity contribution in [1.29, 1.82) is 0 Å². The van der Waals surface area contributed by atoms with Crippen LogP contribution in [-0.2, 0) is 11.3 Å². The molecule has 1 heterocycles. The highest BCUT2D eigenvalue weighted by Crippen LogP contribution is 2.21. The Morgan fingerprint density at radius 3 is 2.95 bits per heavy atom. The van der Waals surface area contributed by atoms with Crippen LogP contribution in [0.4, 0.5) is 0 Å². The van der Waals surface area contributed by atoms with Crippen molar-refractivity contribution in [3.63, 3.8) is 0 Å². The monoisotopic (exact) mass is 287 g/mol. The standard InChI is InChI=1S/C18H25NO2/c1-15-10-11-19(14-18(15)21-2)13-17-9-4-3-7-16(17)8-5-6-12-20/h3-4,7,9,15,18,20H,6,10-14H2,1-2H3. The second kappa shape index (κ2) is 8.19. The quantitative estimate of drug-likeness (QED) is 0.862. The summed E-state index contributed by atoms with van der Waals surface area (Å²) in [5, 5.41) is 8.83. The summed E-state index contributed by atoms with van der Waals surface area (Å²) in [6, 6.07) is 8.28. The predicted octanol–water partition coefficient (Wildman–Crippen LogP) is 2.28. The lowest BCUT2D eigenvalue weighted by atomic mass is 9.95. The molecule has 2 rings (SSSR count). The number of aliphatic hydroxyl groups is 1. The van der Waals surface area contributed by atoms with Crippen LogP contribution in [0.25, 0.3) is 0 Å². The molecule has 1 fully saturated rings. The Balaban J connectivity index is 2.04. The largest absolute Gasteiger partial charge is 0.395 e. The molecule has 1 saturated heterocycles. The Hall–Kier alpha value is -1.34. The van der Waals surface area contributed by atoms with Crippen molar-refractivity contribution in [3.8, 4) is 11.8 Å². The number of piperidine rings is 1. The third-order valence-electron chi connectivity index (χ3n) is 4.15. The third kappa shape index (κ3) is 4.57. The molecule has 2 unspecified atom stereocenters. The van der Waals surface area contributed by atoms with Crippen LogP contribution in [0.2, 0.25) is 0 Å². The van der Waals surface area contributed by atoms with Crippen molar-refractivity contribution >= 4 is 0 Å². The van der Waals surface area contributed by atoms with Gasteiger partial charge in [0.25, 0.3) is 0 Å². The molecule has 3 heteroatoms. The molecule has 114 valence electrons. The van der Waals surface area contributed by atoms with Gasteiger partial charge in [-0.25, -0.2) is 0 Å². The zero-order valence-electron chi connectivity index (χ0n) is 13.0. The average molecular weight is 287 g/mol. The summed E-state index contributed by atoms with van der Waals surface area (Å²) in [7, 11) is 1.80. The van der Waals surface area contributed by atoms with E-state index in [1.54, 1.807) is 7.11 Å². The first-order valence-corrected chi connectivity index (χ1v) is 7.67. The number of methoxy groups -OCH3 is 1. The fraction of sp³-hybridized carbons (Fsp3) is 0.556. The van der Waals surface area contributed by atoms with E-state index in [4.69, 9.17) is 9.84 Å². The number of aliphatic hydroxyl groups excluding tert-OH is 1. The Morgan fingerprint density at radius 1 is 1.38 bits per heavy atom. The first-order chi connectivity index (χ1) is 10.2. The zero-order chi connectivity index (χ0) is 15.1. The molecule has 0 bridgehead atoms. The Bertz CT molecular complexity index is 503. The van der Waals surface area contributed by atoms with Crippen LogP contribution in [0.5, 0.6) is 0 Å². The average Bonchev–Trinajstić information content (AvgIpc) is 2.51. The van der Waals surface area contributed by atoms with Gasteiger partial charge in [0.2, 0.25) is 0 Å². The molecule has 21 heavy (non-hydrogen) atoms. The predicted molar refractivity (Wildman–Crippen MR) is 84.9 cm³/mol. The van der Waals surface area contributed by atoms with Gasteiger partial charge < -0.3 is 9.84 Å². The van der Waals surface area contributed by atoms with Crippen LogP contribution < -0.4 is 0 Å². The fourth-order valence-electron chi connectivity index (χ4n) is 2.78. The van der Waals surface area contributed by atoms with E-state index in [1.807, 2.05) is 6.07 Å². The SMILES string of the molecule is COC1CN(Cc2ccccc2C#CCCO)CCC1C. The summed E-state index contributed by atoms with van der Waals surface area (Å²) in [6.45, 7) is 5.39. The molecule has 1 N–H and O–H groups in total. The third-order valence-corrected chi connectivity index (χ3v) is 4.15. The molecule has 0 saturated carbocycles. The van der Waals surface area contributed by atoms with Gasteiger partial charge in [0.05, 0.1) is 12.7 Å². The highest BCUT2D eigenvalue weighted by molar-refractivity contribution is 5.41. The Labute approximate surface area is 127 Å². The molecule has 1 aliphatic heterocycles. The van der Waals surface area contributed by atoms with E-state index in [-0.39, 0.29) is 6.61 Å². The molecule has 1 aromatic rings. The van der Waals surface area contributed by atoms with Gasteiger partial charge in [0, 0.05) is 32.2 Å². The number of benzene rings is 1. The lowest BCUT2D eigenvalue weighted by molar-refractivity contribution is -0.00746. The van der Waals surface area contributed by atoms with Crippen molar-refractivity contribution in [2.24, 2.45) is 5.92 Å². The van der Waals surface area contributed by atoms with Gasteiger partial charge in [0.1, 0.15) is 0 Å². The van der Waals surface area contributed by atoms with Gasteiger partial charge in [0.15, 0.2) is 0 Å². The molecule has 3 nitrogen and oxygen atoms in total.